The van der Waals surface area contributed by atoms with E-state index in [4.69, 9.17) is 9.15 Å². The summed E-state index contributed by atoms with van der Waals surface area (Å²) in [6.45, 7) is 0.778. The highest BCUT2D eigenvalue weighted by Crippen LogP contribution is 2.32. The summed E-state index contributed by atoms with van der Waals surface area (Å²) >= 11 is 0. The van der Waals surface area contributed by atoms with E-state index in [9.17, 15) is 13.2 Å². The monoisotopic (exact) mass is 338 g/mol. The molecule has 2 heterocycles. The number of sulfonamides is 1. The van der Waals surface area contributed by atoms with Crippen LogP contribution in [0.15, 0.2) is 32.3 Å². The van der Waals surface area contributed by atoms with E-state index in [2.05, 4.69) is 4.98 Å². The van der Waals surface area contributed by atoms with Gasteiger partial charge in [-0.3, -0.25) is 4.98 Å². The first-order valence-electron chi connectivity index (χ1n) is 7.82. The standard InChI is InChI=1S/C15H18N2O5S/c18-15-16-11-6-5-10(9-14(11)22-15)23(19,20)17-7-8-21-13-4-2-1-3-12(13)17/h5-6,9,12-13H,1-4,7-8H2,(H,16,18). The SMILES string of the molecule is O=c1[nH]c2ccc(S(=O)(=O)N3CCOC4CCCCC43)cc2o1. The van der Waals surface area contributed by atoms with Gasteiger partial charge in [-0.15, -0.1) is 0 Å². The van der Waals surface area contributed by atoms with Crippen LogP contribution in [-0.2, 0) is 14.8 Å². The Morgan fingerprint density at radius 1 is 1.22 bits per heavy atom. The summed E-state index contributed by atoms with van der Waals surface area (Å²) in [6.07, 6.45) is 3.81. The lowest BCUT2D eigenvalue weighted by Gasteiger charge is -2.42. The summed E-state index contributed by atoms with van der Waals surface area (Å²) in [5.41, 5.74) is 0.746. The second-order valence-corrected chi connectivity index (χ2v) is 7.94. The van der Waals surface area contributed by atoms with E-state index in [1.54, 1.807) is 10.4 Å². The number of benzene rings is 1. The van der Waals surface area contributed by atoms with Crippen molar-refractivity contribution in [1.29, 1.82) is 0 Å². The van der Waals surface area contributed by atoms with Crippen LogP contribution in [0.5, 0.6) is 0 Å². The van der Waals surface area contributed by atoms with Gasteiger partial charge in [0.05, 0.1) is 29.2 Å². The van der Waals surface area contributed by atoms with Crippen molar-refractivity contribution >= 4 is 21.1 Å². The van der Waals surface area contributed by atoms with Crippen molar-refractivity contribution in [3.8, 4) is 0 Å². The number of ether oxygens (including phenoxy) is 1. The lowest BCUT2D eigenvalue weighted by Crippen LogP contribution is -2.54. The van der Waals surface area contributed by atoms with Gasteiger partial charge >= 0.3 is 5.76 Å². The Kier molecular flexibility index (Phi) is 3.55. The van der Waals surface area contributed by atoms with E-state index in [1.807, 2.05) is 0 Å². The van der Waals surface area contributed by atoms with E-state index in [0.29, 0.717) is 18.7 Å². The van der Waals surface area contributed by atoms with Gasteiger partial charge in [0.1, 0.15) is 0 Å². The van der Waals surface area contributed by atoms with Gasteiger partial charge in [-0.1, -0.05) is 12.8 Å². The van der Waals surface area contributed by atoms with Gasteiger partial charge in [0, 0.05) is 12.6 Å². The molecule has 2 aliphatic rings. The van der Waals surface area contributed by atoms with Crippen molar-refractivity contribution in [2.45, 2.75) is 42.7 Å². The van der Waals surface area contributed by atoms with Crippen LogP contribution >= 0.6 is 0 Å². The molecule has 23 heavy (non-hydrogen) atoms. The highest BCUT2D eigenvalue weighted by atomic mass is 32.2. The van der Waals surface area contributed by atoms with Crippen molar-refractivity contribution in [3.63, 3.8) is 0 Å². The number of fused-ring (bicyclic) bond motifs is 2. The molecule has 2 unspecified atom stereocenters. The Morgan fingerprint density at radius 2 is 2.04 bits per heavy atom. The number of aromatic nitrogens is 1. The zero-order chi connectivity index (χ0) is 16.0. The van der Waals surface area contributed by atoms with Crippen molar-refractivity contribution < 1.29 is 17.6 Å². The minimum absolute atomic E-state index is 0.0128. The third kappa shape index (κ3) is 2.50. The first-order valence-corrected chi connectivity index (χ1v) is 9.26. The third-order valence-electron chi connectivity index (χ3n) is 4.68. The van der Waals surface area contributed by atoms with E-state index in [0.717, 1.165) is 25.7 Å². The molecule has 0 bridgehead atoms. The second kappa shape index (κ2) is 5.47. The molecule has 2 aromatic rings. The molecule has 1 saturated heterocycles. The molecule has 0 spiro atoms. The van der Waals surface area contributed by atoms with Crippen molar-refractivity contribution in [2.75, 3.05) is 13.2 Å². The molecule has 1 aromatic carbocycles. The van der Waals surface area contributed by atoms with E-state index in [-0.39, 0.29) is 22.6 Å². The Bertz CT molecular complexity index is 883. The van der Waals surface area contributed by atoms with Crippen LogP contribution in [0.25, 0.3) is 11.1 Å². The molecule has 1 saturated carbocycles. The van der Waals surface area contributed by atoms with Gasteiger partial charge in [-0.25, -0.2) is 13.2 Å². The highest BCUT2D eigenvalue weighted by molar-refractivity contribution is 7.89. The fraction of sp³-hybridized carbons (Fsp3) is 0.533. The van der Waals surface area contributed by atoms with Crippen molar-refractivity contribution in [1.82, 2.24) is 9.29 Å². The molecule has 0 amide bonds. The van der Waals surface area contributed by atoms with E-state index < -0.39 is 15.8 Å². The number of nitrogens with one attached hydrogen (secondary N) is 1. The molecule has 1 aliphatic heterocycles. The average molecular weight is 338 g/mol. The number of hydrogen-bond acceptors (Lipinski definition) is 5. The third-order valence-corrected chi connectivity index (χ3v) is 6.60. The topological polar surface area (TPSA) is 92.6 Å². The first-order chi connectivity index (χ1) is 11.1. The number of aromatic amines is 1. The normalized spacial score (nSPS) is 26.3. The Labute approximate surface area is 133 Å². The van der Waals surface area contributed by atoms with Crippen LogP contribution in [0.1, 0.15) is 25.7 Å². The van der Waals surface area contributed by atoms with Gasteiger partial charge in [0.15, 0.2) is 5.58 Å². The van der Waals surface area contributed by atoms with Crippen LogP contribution in [0.2, 0.25) is 0 Å². The van der Waals surface area contributed by atoms with Crippen LogP contribution in [0.4, 0.5) is 0 Å². The maximum atomic E-state index is 13.0. The van der Waals surface area contributed by atoms with Gasteiger partial charge in [0.25, 0.3) is 0 Å². The molecule has 1 aliphatic carbocycles. The van der Waals surface area contributed by atoms with Crippen LogP contribution in [-0.4, -0.2) is 43.0 Å². The van der Waals surface area contributed by atoms with E-state index >= 15 is 0 Å². The quantitative estimate of drug-likeness (QED) is 0.895. The molecule has 124 valence electrons. The predicted molar refractivity (Wildman–Crippen MR) is 82.7 cm³/mol. The van der Waals surface area contributed by atoms with E-state index in [1.165, 1.54) is 12.1 Å². The number of nitrogens with zero attached hydrogens (tertiary/aromatic N) is 1. The lowest BCUT2D eigenvalue weighted by atomic mass is 9.91. The largest absolute Gasteiger partial charge is 0.417 e. The number of hydrogen-bond donors (Lipinski definition) is 1. The van der Waals surface area contributed by atoms with Gasteiger partial charge in [-0.2, -0.15) is 4.31 Å². The minimum atomic E-state index is -3.64. The summed E-state index contributed by atoms with van der Waals surface area (Å²) in [6, 6.07) is 4.38. The zero-order valence-electron chi connectivity index (χ0n) is 12.5. The average Bonchev–Trinajstić information content (AvgIpc) is 2.93. The van der Waals surface area contributed by atoms with Crippen molar-refractivity contribution in [2.24, 2.45) is 0 Å². The number of H-pyrrole nitrogens is 1. The summed E-state index contributed by atoms with van der Waals surface area (Å²) in [5.74, 6) is -0.590. The fourth-order valence-corrected chi connectivity index (χ4v) is 5.26. The Balaban J connectivity index is 1.73. The maximum Gasteiger partial charge on any atom is 0.417 e. The molecule has 8 heteroatoms. The molecule has 2 fully saturated rings. The number of rotatable bonds is 2. The molecule has 1 N–H and O–H groups in total. The van der Waals surface area contributed by atoms with Crippen molar-refractivity contribution in [3.05, 3.63) is 28.7 Å². The summed E-state index contributed by atoms with van der Waals surface area (Å²) in [4.78, 5) is 13.9. The fourth-order valence-electron chi connectivity index (χ4n) is 3.58. The number of oxazole rings is 1. The van der Waals surface area contributed by atoms with Crippen LogP contribution in [0, 0.1) is 0 Å². The zero-order valence-corrected chi connectivity index (χ0v) is 13.3. The lowest BCUT2D eigenvalue weighted by molar-refractivity contribution is -0.0586. The molecule has 0 radical (unpaired) electrons. The van der Waals surface area contributed by atoms with Gasteiger partial charge in [0.2, 0.25) is 10.0 Å². The van der Waals surface area contributed by atoms with Crippen LogP contribution < -0.4 is 5.76 Å². The second-order valence-electron chi connectivity index (χ2n) is 6.05. The van der Waals surface area contributed by atoms with Crippen LogP contribution in [0.3, 0.4) is 0 Å². The summed E-state index contributed by atoms with van der Waals surface area (Å²) < 4.78 is 38.4. The maximum absolute atomic E-state index is 13.0. The molecule has 1 aromatic heterocycles. The minimum Gasteiger partial charge on any atom is -0.408 e. The molecule has 2 atom stereocenters. The Morgan fingerprint density at radius 3 is 2.91 bits per heavy atom. The molecular formula is C15H18N2O5S. The molecular weight excluding hydrogens is 320 g/mol. The summed E-state index contributed by atoms with van der Waals surface area (Å²) in [5, 5.41) is 0. The highest BCUT2D eigenvalue weighted by Gasteiger charge is 2.40. The smallest absolute Gasteiger partial charge is 0.408 e. The van der Waals surface area contributed by atoms with Gasteiger partial charge < -0.3 is 9.15 Å². The summed E-state index contributed by atoms with van der Waals surface area (Å²) in [7, 11) is -3.64. The molecule has 7 nitrogen and oxygen atoms in total. The molecule has 4 rings (SSSR count). The van der Waals surface area contributed by atoms with Gasteiger partial charge in [-0.05, 0) is 25.0 Å². The Hall–Kier alpha value is -1.64. The number of morpholine rings is 1. The predicted octanol–water partition coefficient (Wildman–Crippen LogP) is 1.45. The first kappa shape index (κ1) is 14.9.